The fourth-order valence-corrected chi connectivity index (χ4v) is 2.95. The molecule has 2 aromatic heterocycles. The van der Waals surface area contributed by atoms with Gasteiger partial charge in [-0.15, -0.1) is 0 Å². The SMILES string of the molecule is CC(C)(C)[C@@H](Cn1ccnc1)NC(=O)c1coc(CN2CCOCC2)c1. The van der Waals surface area contributed by atoms with Crippen molar-refractivity contribution in [3.8, 4) is 0 Å². The number of ether oxygens (including phenoxy) is 1. The van der Waals surface area contributed by atoms with Gasteiger partial charge in [-0.3, -0.25) is 9.69 Å². The van der Waals surface area contributed by atoms with E-state index in [1.54, 1.807) is 18.8 Å². The molecule has 3 rings (SSSR count). The fraction of sp³-hybridized carbons (Fsp3) is 0.579. The van der Waals surface area contributed by atoms with Crippen molar-refractivity contribution < 1.29 is 13.9 Å². The summed E-state index contributed by atoms with van der Waals surface area (Å²) in [6.07, 6.45) is 6.96. The van der Waals surface area contributed by atoms with Crippen LogP contribution in [0.2, 0.25) is 0 Å². The Morgan fingerprint density at radius 2 is 2.12 bits per heavy atom. The van der Waals surface area contributed by atoms with E-state index in [0.29, 0.717) is 18.7 Å². The van der Waals surface area contributed by atoms with E-state index in [0.717, 1.165) is 32.1 Å². The molecule has 0 aromatic carbocycles. The maximum absolute atomic E-state index is 12.7. The second-order valence-electron chi connectivity index (χ2n) is 7.84. The van der Waals surface area contributed by atoms with Gasteiger partial charge in [0.15, 0.2) is 0 Å². The number of morpholine rings is 1. The molecule has 1 N–H and O–H groups in total. The van der Waals surface area contributed by atoms with Crippen molar-refractivity contribution in [3.05, 3.63) is 42.4 Å². The van der Waals surface area contributed by atoms with Crippen molar-refractivity contribution in [1.82, 2.24) is 19.8 Å². The second-order valence-corrected chi connectivity index (χ2v) is 7.84. The number of hydrogen-bond donors (Lipinski definition) is 1. The summed E-state index contributed by atoms with van der Waals surface area (Å²) < 4.78 is 12.9. The summed E-state index contributed by atoms with van der Waals surface area (Å²) in [6.45, 7) is 11.0. The molecule has 0 spiro atoms. The largest absolute Gasteiger partial charge is 0.467 e. The molecule has 2 aromatic rings. The molecule has 142 valence electrons. The van der Waals surface area contributed by atoms with Gasteiger partial charge in [0.25, 0.3) is 5.91 Å². The topological polar surface area (TPSA) is 72.5 Å². The van der Waals surface area contributed by atoms with Crippen molar-refractivity contribution in [2.75, 3.05) is 26.3 Å². The highest BCUT2D eigenvalue weighted by Gasteiger charge is 2.27. The lowest BCUT2D eigenvalue weighted by atomic mass is 9.86. The Balaban J connectivity index is 1.62. The first-order valence-electron chi connectivity index (χ1n) is 9.06. The predicted molar refractivity (Wildman–Crippen MR) is 97.7 cm³/mol. The highest BCUT2D eigenvalue weighted by molar-refractivity contribution is 5.94. The maximum Gasteiger partial charge on any atom is 0.254 e. The van der Waals surface area contributed by atoms with Gasteiger partial charge in [-0.2, -0.15) is 0 Å². The Morgan fingerprint density at radius 3 is 2.77 bits per heavy atom. The van der Waals surface area contributed by atoms with Crippen molar-refractivity contribution >= 4 is 5.91 Å². The van der Waals surface area contributed by atoms with Crippen LogP contribution in [0, 0.1) is 5.41 Å². The minimum absolute atomic E-state index is 0.0261. The number of hydrogen-bond acceptors (Lipinski definition) is 5. The Labute approximate surface area is 154 Å². The molecule has 1 saturated heterocycles. The van der Waals surface area contributed by atoms with E-state index in [9.17, 15) is 4.79 Å². The number of imidazole rings is 1. The van der Waals surface area contributed by atoms with Gasteiger partial charge in [-0.1, -0.05) is 20.8 Å². The first kappa shape index (κ1) is 18.7. The molecular formula is C19H28N4O3. The van der Waals surface area contributed by atoms with Crippen LogP contribution in [-0.2, 0) is 17.8 Å². The van der Waals surface area contributed by atoms with Crippen LogP contribution in [0.4, 0.5) is 0 Å². The van der Waals surface area contributed by atoms with Gasteiger partial charge in [0.1, 0.15) is 12.0 Å². The summed E-state index contributed by atoms with van der Waals surface area (Å²) in [5.74, 6) is 0.695. The third-order valence-electron chi connectivity index (χ3n) is 4.70. The smallest absolute Gasteiger partial charge is 0.254 e. The molecule has 7 nitrogen and oxygen atoms in total. The summed E-state index contributed by atoms with van der Waals surface area (Å²) in [5, 5.41) is 3.15. The van der Waals surface area contributed by atoms with E-state index >= 15 is 0 Å². The first-order valence-corrected chi connectivity index (χ1v) is 9.06. The Bertz CT molecular complexity index is 697. The molecular weight excluding hydrogens is 332 g/mol. The summed E-state index contributed by atoms with van der Waals surface area (Å²) in [5.41, 5.74) is 0.480. The van der Waals surface area contributed by atoms with Crippen LogP contribution in [-0.4, -0.2) is 52.7 Å². The third kappa shape index (κ3) is 4.95. The van der Waals surface area contributed by atoms with Crippen LogP contribution in [0.5, 0.6) is 0 Å². The lowest BCUT2D eigenvalue weighted by Crippen LogP contribution is -2.46. The number of carbonyl (C=O) groups is 1. The van der Waals surface area contributed by atoms with Crippen molar-refractivity contribution in [2.24, 2.45) is 5.41 Å². The first-order chi connectivity index (χ1) is 12.4. The van der Waals surface area contributed by atoms with Gasteiger partial charge in [0, 0.05) is 32.0 Å². The summed E-state index contributed by atoms with van der Waals surface area (Å²) >= 11 is 0. The van der Waals surface area contributed by atoms with Crippen LogP contribution in [0.1, 0.15) is 36.9 Å². The molecule has 1 aliphatic heterocycles. The van der Waals surface area contributed by atoms with Gasteiger partial charge < -0.3 is 19.0 Å². The molecule has 1 amide bonds. The summed E-state index contributed by atoms with van der Waals surface area (Å²) in [7, 11) is 0. The lowest BCUT2D eigenvalue weighted by Gasteiger charge is -2.31. The zero-order chi connectivity index (χ0) is 18.6. The minimum Gasteiger partial charge on any atom is -0.467 e. The normalized spacial score (nSPS) is 17.2. The molecule has 7 heteroatoms. The monoisotopic (exact) mass is 360 g/mol. The molecule has 0 radical (unpaired) electrons. The highest BCUT2D eigenvalue weighted by Crippen LogP contribution is 2.22. The van der Waals surface area contributed by atoms with E-state index in [2.05, 4.69) is 36.0 Å². The van der Waals surface area contributed by atoms with Crippen LogP contribution >= 0.6 is 0 Å². The molecule has 0 bridgehead atoms. The summed E-state index contributed by atoms with van der Waals surface area (Å²) in [6, 6.07) is 1.81. The van der Waals surface area contributed by atoms with Gasteiger partial charge >= 0.3 is 0 Å². The van der Waals surface area contributed by atoms with E-state index in [1.807, 2.05) is 16.8 Å². The van der Waals surface area contributed by atoms with Crippen molar-refractivity contribution in [1.29, 1.82) is 0 Å². The quantitative estimate of drug-likeness (QED) is 0.855. The predicted octanol–water partition coefficient (Wildman–Crippen LogP) is 2.15. The summed E-state index contributed by atoms with van der Waals surface area (Å²) in [4.78, 5) is 19.0. The Hall–Kier alpha value is -2.12. The molecule has 0 unspecified atom stereocenters. The number of aromatic nitrogens is 2. The Kier molecular flexibility index (Phi) is 5.78. The third-order valence-corrected chi connectivity index (χ3v) is 4.70. The maximum atomic E-state index is 12.7. The van der Waals surface area contributed by atoms with E-state index in [1.165, 1.54) is 0 Å². The Morgan fingerprint density at radius 1 is 1.35 bits per heavy atom. The van der Waals surface area contributed by atoms with Gasteiger partial charge in [-0.05, 0) is 11.5 Å². The number of carbonyl (C=O) groups excluding carboxylic acids is 1. The molecule has 1 atom stereocenters. The van der Waals surface area contributed by atoms with Gasteiger partial charge in [-0.25, -0.2) is 4.98 Å². The van der Waals surface area contributed by atoms with Gasteiger partial charge in [0.05, 0.1) is 37.7 Å². The average Bonchev–Trinajstić information content (AvgIpc) is 3.26. The molecule has 26 heavy (non-hydrogen) atoms. The number of furan rings is 1. The standard InChI is InChI=1S/C19H28N4O3/c1-19(2,3)17(12-23-5-4-20-14-23)21-18(24)15-10-16(26-13-15)11-22-6-8-25-9-7-22/h4-5,10,13-14,17H,6-9,11-12H2,1-3H3,(H,21,24)/t17-/m1/s1. The van der Waals surface area contributed by atoms with Crippen molar-refractivity contribution in [2.45, 2.75) is 39.9 Å². The van der Waals surface area contributed by atoms with Crippen LogP contribution in [0.3, 0.4) is 0 Å². The van der Waals surface area contributed by atoms with Crippen LogP contribution < -0.4 is 5.32 Å². The van der Waals surface area contributed by atoms with Gasteiger partial charge in [0.2, 0.25) is 0 Å². The number of rotatable bonds is 6. The zero-order valence-electron chi connectivity index (χ0n) is 15.8. The fourth-order valence-electron chi connectivity index (χ4n) is 2.95. The molecule has 0 aliphatic carbocycles. The van der Waals surface area contributed by atoms with E-state index in [4.69, 9.17) is 9.15 Å². The van der Waals surface area contributed by atoms with Crippen LogP contribution in [0.25, 0.3) is 0 Å². The van der Waals surface area contributed by atoms with Crippen LogP contribution in [0.15, 0.2) is 35.5 Å². The minimum atomic E-state index is -0.109. The molecule has 0 saturated carbocycles. The second kappa shape index (κ2) is 8.05. The molecule has 1 aliphatic rings. The lowest BCUT2D eigenvalue weighted by molar-refractivity contribution is 0.0313. The highest BCUT2D eigenvalue weighted by atomic mass is 16.5. The van der Waals surface area contributed by atoms with Crippen molar-refractivity contribution in [3.63, 3.8) is 0 Å². The number of nitrogens with zero attached hydrogens (tertiary/aromatic N) is 3. The average molecular weight is 360 g/mol. The van der Waals surface area contributed by atoms with E-state index < -0.39 is 0 Å². The molecule has 3 heterocycles. The number of nitrogens with one attached hydrogen (secondary N) is 1. The molecule has 1 fully saturated rings. The zero-order valence-corrected chi connectivity index (χ0v) is 15.8. The van der Waals surface area contributed by atoms with E-state index in [-0.39, 0.29) is 17.4 Å². The number of amides is 1.